The van der Waals surface area contributed by atoms with Gasteiger partial charge in [-0.15, -0.1) is 0 Å². The minimum atomic E-state index is 0.597. The molecule has 0 radical (unpaired) electrons. The fourth-order valence-electron chi connectivity index (χ4n) is 2.40. The molecule has 0 saturated heterocycles. The van der Waals surface area contributed by atoms with Crippen molar-refractivity contribution in [2.24, 2.45) is 5.10 Å². The number of nitrogens with one attached hydrogen (secondary N) is 1. The van der Waals surface area contributed by atoms with Crippen LogP contribution in [-0.2, 0) is 0 Å². The zero-order valence-electron chi connectivity index (χ0n) is 15.0. The van der Waals surface area contributed by atoms with Crippen LogP contribution in [-0.4, -0.2) is 32.0 Å². The van der Waals surface area contributed by atoms with Crippen molar-refractivity contribution >= 4 is 32.9 Å². The number of hydrazone groups is 1. The van der Waals surface area contributed by atoms with Crippen molar-refractivity contribution in [2.45, 2.75) is 13.3 Å². The molecular formula is C19H21N3O3S. The summed E-state index contributed by atoms with van der Waals surface area (Å²) in [5, 5.41) is 5.01. The lowest BCUT2D eigenvalue weighted by Crippen LogP contribution is -2.01. The summed E-state index contributed by atoms with van der Waals surface area (Å²) >= 11 is 1.55. The highest BCUT2D eigenvalue weighted by molar-refractivity contribution is 7.22. The van der Waals surface area contributed by atoms with Crippen molar-refractivity contribution in [3.8, 4) is 17.2 Å². The van der Waals surface area contributed by atoms with Gasteiger partial charge in [-0.25, -0.2) is 4.98 Å². The van der Waals surface area contributed by atoms with Gasteiger partial charge >= 0.3 is 0 Å². The molecule has 0 saturated carbocycles. The zero-order valence-corrected chi connectivity index (χ0v) is 15.8. The number of hydrogen-bond donors (Lipinski definition) is 1. The van der Waals surface area contributed by atoms with E-state index in [9.17, 15) is 0 Å². The Morgan fingerprint density at radius 2 is 1.88 bits per heavy atom. The zero-order chi connectivity index (χ0) is 18.4. The Labute approximate surface area is 156 Å². The second-order valence-corrected chi connectivity index (χ2v) is 6.49. The van der Waals surface area contributed by atoms with Gasteiger partial charge in [0.1, 0.15) is 0 Å². The lowest BCUT2D eigenvalue weighted by atomic mass is 10.2. The normalized spacial score (nSPS) is 11.0. The second kappa shape index (κ2) is 8.53. The summed E-state index contributed by atoms with van der Waals surface area (Å²) in [4.78, 5) is 4.48. The molecule has 0 aliphatic heterocycles. The second-order valence-electron chi connectivity index (χ2n) is 5.46. The van der Waals surface area contributed by atoms with Crippen molar-refractivity contribution in [3.05, 3.63) is 42.0 Å². The summed E-state index contributed by atoms with van der Waals surface area (Å²) in [5.41, 5.74) is 4.75. The van der Waals surface area contributed by atoms with E-state index in [-0.39, 0.29) is 0 Å². The van der Waals surface area contributed by atoms with Gasteiger partial charge in [-0.05, 0) is 30.7 Å². The van der Waals surface area contributed by atoms with Crippen molar-refractivity contribution in [2.75, 3.05) is 26.3 Å². The predicted molar refractivity (Wildman–Crippen MR) is 106 cm³/mol. The van der Waals surface area contributed by atoms with E-state index in [0.29, 0.717) is 23.9 Å². The summed E-state index contributed by atoms with van der Waals surface area (Å²) in [6, 6.07) is 11.7. The van der Waals surface area contributed by atoms with Gasteiger partial charge in [-0.2, -0.15) is 5.10 Å². The van der Waals surface area contributed by atoms with Crippen molar-refractivity contribution in [1.29, 1.82) is 0 Å². The molecule has 2 aromatic carbocycles. The maximum atomic E-state index is 5.74. The van der Waals surface area contributed by atoms with Crippen LogP contribution in [0.5, 0.6) is 17.2 Å². The molecule has 1 aromatic heterocycles. The largest absolute Gasteiger partial charge is 0.493 e. The monoisotopic (exact) mass is 371 g/mol. The minimum absolute atomic E-state index is 0.597. The van der Waals surface area contributed by atoms with Gasteiger partial charge in [0, 0.05) is 5.56 Å². The van der Waals surface area contributed by atoms with Crippen LogP contribution in [0.2, 0.25) is 0 Å². The molecular weight excluding hydrogens is 350 g/mol. The highest BCUT2D eigenvalue weighted by Gasteiger charge is 2.13. The molecule has 0 atom stereocenters. The number of anilines is 1. The smallest absolute Gasteiger partial charge is 0.204 e. The van der Waals surface area contributed by atoms with Gasteiger partial charge in [-0.3, -0.25) is 5.43 Å². The molecule has 1 heterocycles. The SMILES string of the molecule is CCCOc1c(OC)cc(/C=N\Nc2nc3ccccc3s2)cc1OC. The van der Waals surface area contributed by atoms with Gasteiger partial charge in [0.05, 0.1) is 37.3 Å². The van der Waals surface area contributed by atoms with E-state index < -0.39 is 0 Å². The fourth-order valence-corrected chi connectivity index (χ4v) is 3.22. The molecule has 136 valence electrons. The van der Waals surface area contributed by atoms with Gasteiger partial charge in [0.15, 0.2) is 11.5 Å². The van der Waals surface area contributed by atoms with E-state index in [1.807, 2.05) is 43.3 Å². The number of thiazole rings is 1. The van der Waals surface area contributed by atoms with E-state index >= 15 is 0 Å². The predicted octanol–water partition coefficient (Wildman–Crippen LogP) is 4.55. The molecule has 7 heteroatoms. The number of fused-ring (bicyclic) bond motifs is 1. The van der Waals surface area contributed by atoms with Crippen LogP contribution < -0.4 is 19.6 Å². The molecule has 3 rings (SSSR count). The first kappa shape index (κ1) is 18.0. The fraction of sp³-hybridized carbons (Fsp3) is 0.263. The summed E-state index contributed by atoms with van der Waals surface area (Å²) in [5.74, 6) is 1.83. The highest BCUT2D eigenvalue weighted by atomic mass is 32.1. The topological polar surface area (TPSA) is 65.0 Å². The summed E-state index contributed by atoms with van der Waals surface area (Å²) in [6.07, 6.45) is 2.60. The van der Waals surface area contributed by atoms with Crippen LogP contribution in [0, 0.1) is 0 Å². The third-order valence-corrected chi connectivity index (χ3v) is 4.54. The third-order valence-electron chi connectivity index (χ3n) is 3.60. The van der Waals surface area contributed by atoms with Gasteiger partial charge < -0.3 is 14.2 Å². The minimum Gasteiger partial charge on any atom is -0.493 e. The quantitative estimate of drug-likeness (QED) is 0.465. The number of nitrogens with zero attached hydrogens (tertiary/aromatic N) is 2. The maximum absolute atomic E-state index is 5.74. The van der Waals surface area contributed by atoms with Crippen LogP contribution >= 0.6 is 11.3 Å². The van der Waals surface area contributed by atoms with Crippen LogP contribution in [0.1, 0.15) is 18.9 Å². The van der Waals surface area contributed by atoms with E-state index in [1.54, 1.807) is 31.8 Å². The molecule has 0 bridgehead atoms. The van der Waals surface area contributed by atoms with Crippen molar-refractivity contribution < 1.29 is 14.2 Å². The van der Waals surface area contributed by atoms with E-state index in [1.165, 1.54) is 0 Å². The lowest BCUT2D eigenvalue weighted by Gasteiger charge is -2.14. The average Bonchev–Trinajstić information content (AvgIpc) is 3.08. The van der Waals surface area contributed by atoms with Crippen LogP contribution in [0.3, 0.4) is 0 Å². The van der Waals surface area contributed by atoms with Crippen LogP contribution in [0.15, 0.2) is 41.5 Å². The molecule has 0 unspecified atom stereocenters. The van der Waals surface area contributed by atoms with Gasteiger partial charge in [0.25, 0.3) is 0 Å². The Hall–Kier alpha value is -2.80. The summed E-state index contributed by atoms with van der Waals surface area (Å²) < 4.78 is 17.7. The van der Waals surface area contributed by atoms with Crippen LogP contribution in [0.4, 0.5) is 5.13 Å². The number of ether oxygens (including phenoxy) is 3. The van der Waals surface area contributed by atoms with Gasteiger partial charge in [0.2, 0.25) is 10.9 Å². The molecule has 0 amide bonds. The first-order valence-corrected chi connectivity index (χ1v) is 9.10. The maximum Gasteiger partial charge on any atom is 0.204 e. The van der Waals surface area contributed by atoms with Crippen molar-refractivity contribution in [1.82, 2.24) is 4.98 Å². The van der Waals surface area contributed by atoms with Gasteiger partial charge in [-0.1, -0.05) is 30.4 Å². The number of aromatic nitrogens is 1. The summed E-state index contributed by atoms with van der Waals surface area (Å²) in [6.45, 7) is 2.65. The molecule has 0 aliphatic rings. The molecule has 1 N–H and O–H groups in total. The number of methoxy groups -OCH3 is 2. The number of para-hydroxylation sites is 1. The van der Waals surface area contributed by atoms with E-state index in [2.05, 4.69) is 15.5 Å². The number of benzene rings is 2. The Bertz CT molecular complexity index is 850. The Morgan fingerprint density at radius 1 is 1.15 bits per heavy atom. The first-order chi connectivity index (χ1) is 12.7. The number of hydrogen-bond acceptors (Lipinski definition) is 7. The van der Waals surface area contributed by atoms with E-state index in [0.717, 1.165) is 27.3 Å². The lowest BCUT2D eigenvalue weighted by molar-refractivity contribution is 0.275. The molecule has 6 nitrogen and oxygen atoms in total. The molecule has 3 aromatic rings. The Kier molecular flexibility index (Phi) is 5.91. The number of rotatable bonds is 8. The third kappa shape index (κ3) is 4.05. The molecule has 26 heavy (non-hydrogen) atoms. The average molecular weight is 371 g/mol. The Morgan fingerprint density at radius 3 is 2.54 bits per heavy atom. The summed E-state index contributed by atoms with van der Waals surface area (Å²) in [7, 11) is 3.21. The van der Waals surface area contributed by atoms with Crippen LogP contribution in [0.25, 0.3) is 10.2 Å². The Balaban J connectivity index is 1.78. The molecule has 0 fully saturated rings. The molecule has 0 aliphatic carbocycles. The standard InChI is InChI=1S/C19H21N3O3S/c1-4-9-25-18-15(23-2)10-13(11-16(18)24-3)12-20-22-19-21-14-7-5-6-8-17(14)26-19/h5-8,10-12H,4,9H2,1-3H3,(H,21,22)/b20-12-. The highest BCUT2D eigenvalue weighted by Crippen LogP contribution is 2.38. The van der Waals surface area contributed by atoms with Crippen molar-refractivity contribution in [3.63, 3.8) is 0 Å². The first-order valence-electron chi connectivity index (χ1n) is 8.28. The molecule has 0 spiro atoms. The van der Waals surface area contributed by atoms with E-state index in [4.69, 9.17) is 14.2 Å².